The molecule has 0 bridgehead atoms. The molecule has 1 heterocycles. The van der Waals surface area contributed by atoms with E-state index in [4.69, 9.17) is 4.74 Å². The molecule has 3 N–H and O–H groups in total. The van der Waals surface area contributed by atoms with Crippen LogP contribution in [0.1, 0.15) is 11.1 Å². The Morgan fingerprint density at radius 3 is 2.36 bits per heavy atom. The first kappa shape index (κ1) is 22.1. The number of rotatable bonds is 10. The van der Waals surface area contributed by atoms with E-state index in [9.17, 15) is 9.59 Å². The van der Waals surface area contributed by atoms with Crippen molar-refractivity contribution in [3.05, 3.63) is 102 Å². The number of aromatic nitrogens is 1. The molecule has 0 saturated heterocycles. The Kier molecular flexibility index (Phi) is 7.38. The van der Waals surface area contributed by atoms with Crippen molar-refractivity contribution in [1.82, 2.24) is 15.6 Å². The second-order valence-electron chi connectivity index (χ2n) is 7.81. The number of amides is 2. The number of ether oxygens (including phenoxy) is 1. The van der Waals surface area contributed by atoms with E-state index < -0.39 is 6.04 Å². The standard InChI is InChI=1S/C27H27N3O3/c31-26(19-33-22-11-5-2-6-12-22)30-25(17-21-18-29-24-14-8-7-13-23(21)24)27(32)28-16-15-20-9-3-1-4-10-20/h1-14,18,25,29H,15-17,19H2,(H,28,32)(H,30,31). The smallest absolute Gasteiger partial charge is 0.258 e. The van der Waals surface area contributed by atoms with Gasteiger partial charge in [0.25, 0.3) is 5.91 Å². The number of para-hydroxylation sites is 2. The van der Waals surface area contributed by atoms with Gasteiger partial charge in [0, 0.05) is 30.1 Å². The van der Waals surface area contributed by atoms with Crippen molar-refractivity contribution in [2.75, 3.05) is 13.2 Å². The van der Waals surface area contributed by atoms with Crippen LogP contribution >= 0.6 is 0 Å². The lowest BCUT2D eigenvalue weighted by molar-refractivity contribution is -0.130. The van der Waals surface area contributed by atoms with Crippen LogP contribution in [0.2, 0.25) is 0 Å². The predicted molar refractivity (Wildman–Crippen MR) is 129 cm³/mol. The average Bonchev–Trinajstić information content (AvgIpc) is 3.26. The largest absolute Gasteiger partial charge is 0.484 e. The van der Waals surface area contributed by atoms with Crippen LogP contribution in [0.5, 0.6) is 5.75 Å². The monoisotopic (exact) mass is 441 g/mol. The zero-order chi connectivity index (χ0) is 22.9. The van der Waals surface area contributed by atoms with Gasteiger partial charge >= 0.3 is 0 Å². The molecule has 2 amide bonds. The van der Waals surface area contributed by atoms with Gasteiger partial charge in [-0.25, -0.2) is 0 Å². The van der Waals surface area contributed by atoms with Gasteiger partial charge in [-0.15, -0.1) is 0 Å². The summed E-state index contributed by atoms with van der Waals surface area (Å²) in [5.74, 6) is 0.0410. The van der Waals surface area contributed by atoms with E-state index in [2.05, 4.69) is 15.6 Å². The van der Waals surface area contributed by atoms with E-state index in [0.29, 0.717) is 18.7 Å². The summed E-state index contributed by atoms with van der Waals surface area (Å²) < 4.78 is 5.54. The van der Waals surface area contributed by atoms with E-state index >= 15 is 0 Å². The molecular weight excluding hydrogens is 414 g/mol. The third-order valence-electron chi connectivity index (χ3n) is 5.42. The molecule has 1 unspecified atom stereocenters. The van der Waals surface area contributed by atoms with Crippen molar-refractivity contribution in [2.45, 2.75) is 18.9 Å². The van der Waals surface area contributed by atoms with Gasteiger partial charge < -0.3 is 20.4 Å². The SMILES string of the molecule is O=C(COc1ccccc1)NC(Cc1c[nH]c2ccccc12)C(=O)NCCc1ccccc1. The molecular formula is C27H27N3O3. The lowest BCUT2D eigenvalue weighted by Gasteiger charge is -2.19. The second-order valence-corrected chi connectivity index (χ2v) is 7.81. The summed E-state index contributed by atoms with van der Waals surface area (Å²) in [6.07, 6.45) is 2.98. The van der Waals surface area contributed by atoms with Crippen LogP contribution in [-0.2, 0) is 22.4 Å². The quantitative estimate of drug-likeness (QED) is 0.351. The first-order chi connectivity index (χ1) is 16.2. The summed E-state index contributed by atoms with van der Waals surface area (Å²) in [5.41, 5.74) is 3.11. The highest BCUT2D eigenvalue weighted by atomic mass is 16.5. The van der Waals surface area contributed by atoms with Gasteiger partial charge in [0.1, 0.15) is 11.8 Å². The normalized spacial score (nSPS) is 11.6. The van der Waals surface area contributed by atoms with Crippen molar-refractivity contribution in [1.29, 1.82) is 0 Å². The number of carbonyl (C=O) groups is 2. The molecule has 6 heteroatoms. The molecule has 0 saturated carbocycles. The Hall–Kier alpha value is -4.06. The third kappa shape index (κ3) is 6.23. The average molecular weight is 442 g/mol. The third-order valence-corrected chi connectivity index (χ3v) is 5.42. The zero-order valence-electron chi connectivity index (χ0n) is 18.3. The van der Waals surface area contributed by atoms with Crippen molar-refractivity contribution in [3.8, 4) is 5.75 Å². The minimum absolute atomic E-state index is 0.161. The highest BCUT2D eigenvalue weighted by Crippen LogP contribution is 2.19. The lowest BCUT2D eigenvalue weighted by atomic mass is 10.0. The van der Waals surface area contributed by atoms with Gasteiger partial charge in [0.2, 0.25) is 5.91 Å². The fourth-order valence-corrected chi connectivity index (χ4v) is 3.73. The number of H-pyrrole nitrogens is 1. The van der Waals surface area contributed by atoms with Gasteiger partial charge in [-0.2, -0.15) is 0 Å². The maximum absolute atomic E-state index is 13.0. The van der Waals surface area contributed by atoms with E-state index in [1.807, 2.05) is 79.0 Å². The van der Waals surface area contributed by atoms with Gasteiger partial charge in [-0.1, -0.05) is 66.7 Å². The van der Waals surface area contributed by atoms with Crippen LogP contribution in [0.4, 0.5) is 0 Å². The Morgan fingerprint density at radius 2 is 1.58 bits per heavy atom. The van der Waals surface area contributed by atoms with Crippen LogP contribution in [0.25, 0.3) is 10.9 Å². The van der Waals surface area contributed by atoms with E-state index in [-0.39, 0.29) is 18.4 Å². The topological polar surface area (TPSA) is 83.2 Å². The molecule has 1 aromatic heterocycles. The van der Waals surface area contributed by atoms with Gasteiger partial charge in [0.15, 0.2) is 6.61 Å². The molecule has 33 heavy (non-hydrogen) atoms. The molecule has 4 aromatic rings. The minimum Gasteiger partial charge on any atom is -0.484 e. The molecule has 1 atom stereocenters. The molecule has 3 aromatic carbocycles. The molecule has 4 rings (SSSR count). The summed E-state index contributed by atoms with van der Waals surface area (Å²) in [5, 5.41) is 6.85. The molecule has 0 spiro atoms. The number of fused-ring (bicyclic) bond motifs is 1. The minimum atomic E-state index is -0.716. The van der Waals surface area contributed by atoms with E-state index in [1.54, 1.807) is 12.1 Å². The molecule has 0 aliphatic rings. The van der Waals surface area contributed by atoms with Crippen LogP contribution in [0.3, 0.4) is 0 Å². The summed E-state index contributed by atoms with van der Waals surface area (Å²) in [6, 6.07) is 26.3. The lowest BCUT2D eigenvalue weighted by Crippen LogP contribution is -2.49. The first-order valence-electron chi connectivity index (χ1n) is 11.0. The fraction of sp³-hybridized carbons (Fsp3) is 0.185. The molecule has 0 aliphatic heterocycles. The summed E-state index contributed by atoms with van der Waals surface area (Å²) >= 11 is 0. The number of benzene rings is 3. The molecule has 0 fully saturated rings. The van der Waals surface area contributed by atoms with Crippen molar-refractivity contribution < 1.29 is 14.3 Å². The molecule has 0 aliphatic carbocycles. The summed E-state index contributed by atoms with van der Waals surface area (Å²) in [6.45, 7) is 0.329. The van der Waals surface area contributed by atoms with Crippen molar-refractivity contribution in [2.24, 2.45) is 0 Å². The summed E-state index contributed by atoms with van der Waals surface area (Å²) in [4.78, 5) is 28.9. The number of aromatic amines is 1. The van der Waals surface area contributed by atoms with Gasteiger partial charge in [-0.3, -0.25) is 9.59 Å². The van der Waals surface area contributed by atoms with Crippen LogP contribution < -0.4 is 15.4 Å². The predicted octanol–water partition coefficient (Wildman–Crippen LogP) is 3.63. The second kappa shape index (κ2) is 11.0. The Labute approximate surface area is 193 Å². The Bertz CT molecular complexity index is 1190. The summed E-state index contributed by atoms with van der Waals surface area (Å²) in [7, 11) is 0. The van der Waals surface area contributed by atoms with Crippen molar-refractivity contribution >= 4 is 22.7 Å². The van der Waals surface area contributed by atoms with E-state index in [1.165, 1.54) is 0 Å². The fourth-order valence-electron chi connectivity index (χ4n) is 3.73. The molecule has 168 valence electrons. The highest BCUT2D eigenvalue weighted by Gasteiger charge is 2.22. The Morgan fingerprint density at radius 1 is 0.879 bits per heavy atom. The molecule has 6 nitrogen and oxygen atoms in total. The maximum Gasteiger partial charge on any atom is 0.258 e. The van der Waals surface area contributed by atoms with Gasteiger partial charge in [0.05, 0.1) is 0 Å². The maximum atomic E-state index is 13.0. The number of hydrogen-bond acceptors (Lipinski definition) is 3. The van der Waals surface area contributed by atoms with Gasteiger partial charge in [-0.05, 0) is 35.7 Å². The van der Waals surface area contributed by atoms with Crippen LogP contribution in [0, 0.1) is 0 Å². The number of hydrogen-bond donors (Lipinski definition) is 3. The number of carbonyl (C=O) groups excluding carboxylic acids is 2. The van der Waals surface area contributed by atoms with Crippen molar-refractivity contribution in [3.63, 3.8) is 0 Å². The first-order valence-corrected chi connectivity index (χ1v) is 11.0. The highest BCUT2D eigenvalue weighted by molar-refractivity contribution is 5.90. The van der Waals surface area contributed by atoms with E-state index in [0.717, 1.165) is 28.5 Å². The van der Waals surface area contributed by atoms with Crippen LogP contribution in [-0.4, -0.2) is 36.0 Å². The zero-order valence-corrected chi connectivity index (χ0v) is 18.3. The Balaban J connectivity index is 1.41. The van der Waals surface area contributed by atoms with Crippen LogP contribution in [0.15, 0.2) is 91.1 Å². The molecule has 0 radical (unpaired) electrons. The number of nitrogens with one attached hydrogen (secondary N) is 3.